The van der Waals surface area contributed by atoms with Crippen LogP contribution in [0.5, 0.6) is 0 Å². The van der Waals surface area contributed by atoms with Crippen LogP contribution in [0.4, 0.5) is 11.6 Å². The number of nitrogens with one attached hydrogen (secondary N) is 1. The van der Waals surface area contributed by atoms with Crippen LogP contribution >= 0.6 is 0 Å². The molecular weight excluding hydrogens is 254 g/mol. The summed E-state index contributed by atoms with van der Waals surface area (Å²) in [6.45, 7) is 6.47. The van der Waals surface area contributed by atoms with Gasteiger partial charge in [-0.25, -0.2) is 8.42 Å². The standard InChI is InChI=1S/C10H19N5O2S/c1-3-14-4-6-15(7-5-14)10-8(18(2,16)17)9(11)12-13-10/h3-7H2,1-2H3,(H3,11,12,13). The van der Waals surface area contributed by atoms with Crippen molar-refractivity contribution in [2.45, 2.75) is 11.8 Å². The number of nitrogen functional groups attached to an aromatic ring is 1. The van der Waals surface area contributed by atoms with Gasteiger partial charge in [-0.15, -0.1) is 0 Å². The quantitative estimate of drug-likeness (QED) is 0.773. The van der Waals surface area contributed by atoms with E-state index in [2.05, 4.69) is 22.0 Å². The maximum atomic E-state index is 11.7. The van der Waals surface area contributed by atoms with E-state index in [1.54, 1.807) is 0 Å². The van der Waals surface area contributed by atoms with Crippen molar-refractivity contribution in [1.29, 1.82) is 0 Å². The highest BCUT2D eigenvalue weighted by Gasteiger charge is 2.27. The van der Waals surface area contributed by atoms with Gasteiger partial charge in [-0.05, 0) is 6.54 Å². The van der Waals surface area contributed by atoms with Crippen molar-refractivity contribution in [2.75, 3.05) is 49.6 Å². The van der Waals surface area contributed by atoms with Crippen molar-refractivity contribution in [3.8, 4) is 0 Å². The zero-order chi connectivity index (χ0) is 13.3. The predicted octanol–water partition coefficient (Wildman–Crippen LogP) is -0.463. The van der Waals surface area contributed by atoms with Crippen molar-refractivity contribution in [3.05, 3.63) is 0 Å². The average molecular weight is 273 g/mol. The second-order valence-electron chi connectivity index (χ2n) is 4.48. The van der Waals surface area contributed by atoms with Gasteiger partial charge in [0, 0.05) is 32.4 Å². The van der Waals surface area contributed by atoms with Gasteiger partial charge in [0.05, 0.1) is 0 Å². The van der Waals surface area contributed by atoms with E-state index in [-0.39, 0.29) is 10.7 Å². The van der Waals surface area contributed by atoms with Gasteiger partial charge >= 0.3 is 0 Å². The highest BCUT2D eigenvalue weighted by Crippen LogP contribution is 2.28. The Balaban J connectivity index is 2.25. The van der Waals surface area contributed by atoms with E-state index >= 15 is 0 Å². The highest BCUT2D eigenvalue weighted by molar-refractivity contribution is 7.91. The molecule has 0 amide bonds. The molecule has 0 spiro atoms. The molecule has 0 radical (unpaired) electrons. The van der Waals surface area contributed by atoms with Gasteiger partial charge in [0.2, 0.25) is 0 Å². The predicted molar refractivity (Wildman–Crippen MR) is 70.4 cm³/mol. The molecule has 1 aliphatic rings. The number of hydrogen-bond acceptors (Lipinski definition) is 6. The number of aromatic amines is 1. The minimum atomic E-state index is -3.36. The summed E-state index contributed by atoms with van der Waals surface area (Å²) < 4.78 is 23.4. The van der Waals surface area contributed by atoms with E-state index in [0.717, 1.165) is 39.0 Å². The molecule has 0 aromatic carbocycles. The number of aromatic nitrogens is 2. The number of sulfone groups is 1. The molecule has 18 heavy (non-hydrogen) atoms. The minimum absolute atomic E-state index is 0.116. The molecule has 0 bridgehead atoms. The number of likely N-dealkylation sites (N-methyl/N-ethyl adjacent to an activating group) is 1. The van der Waals surface area contributed by atoms with Crippen LogP contribution in [-0.2, 0) is 9.84 Å². The van der Waals surface area contributed by atoms with Crippen LogP contribution in [0.15, 0.2) is 4.90 Å². The number of hydrogen-bond donors (Lipinski definition) is 2. The van der Waals surface area contributed by atoms with Gasteiger partial charge < -0.3 is 15.5 Å². The summed E-state index contributed by atoms with van der Waals surface area (Å²) in [5.74, 6) is 0.566. The number of H-pyrrole nitrogens is 1. The molecule has 1 saturated heterocycles. The summed E-state index contributed by atoms with van der Waals surface area (Å²) in [7, 11) is -3.36. The van der Waals surface area contributed by atoms with Crippen molar-refractivity contribution in [2.24, 2.45) is 0 Å². The molecule has 1 aromatic rings. The molecule has 1 aromatic heterocycles. The first-order chi connectivity index (χ1) is 8.43. The lowest BCUT2D eigenvalue weighted by Gasteiger charge is -2.34. The molecular formula is C10H19N5O2S. The van der Waals surface area contributed by atoms with Gasteiger partial charge in [0.1, 0.15) is 5.82 Å². The third-order valence-corrected chi connectivity index (χ3v) is 4.36. The van der Waals surface area contributed by atoms with Gasteiger partial charge in [-0.3, -0.25) is 5.10 Å². The zero-order valence-corrected chi connectivity index (χ0v) is 11.5. The van der Waals surface area contributed by atoms with E-state index < -0.39 is 9.84 Å². The first-order valence-electron chi connectivity index (χ1n) is 5.94. The van der Waals surface area contributed by atoms with Crippen LogP contribution in [0.2, 0.25) is 0 Å². The SMILES string of the molecule is CCN1CCN(c2n[nH]c(N)c2S(C)(=O)=O)CC1. The number of nitrogens with two attached hydrogens (primary N) is 1. The third-order valence-electron chi connectivity index (χ3n) is 3.22. The molecule has 3 N–H and O–H groups in total. The minimum Gasteiger partial charge on any atom is -0.383 e. The van der Waals surface area contributed by atoms with Crippen LogP contribution in [0.1, 0.15) is 6.92 Å². The van der Waals surface area contributed by atoms with Gasteiger partial charge in [0.15, 0.2) is 20.6 Å². The normalized spacial score (nSPS) is 18.2. The molecule has 0 atom stereocenters. The summed E-state index contributed by atoms with van der Waals surface area (Å²) in [5.41, 5.74) is 5.65. The summed E-state index contributed by atoms with van der Waals surface area (Å²) in [4.78, 5) is 4.40. The maximum Gasteiger partial charge on any atom is 0.182 e. The zero-order valence-electron chi connectivity index (χ0n) is 10.7. The Bertz CT molecular complexity index is 516. The second kappa shape index (κ2) is 4.77. The van der Waals surface area contributed by atoms with E-state index in [1.807, 2.05) is 4.90 Å². The average Bonchev–Trinajstić information content (AvgIpc) is 2.71. The fourth-order valence-electron chi connectivity index (χ4n) is 2.19. The van der Waals surface area contributed by atoms with Crippen LogP contribution < -0.4 is 10.6 Å². The van der Waals surface area contributed by atoms with Crippen LogP contribution in [0.3, 0.4) is 0 Å². The summed E-state index contributed by atoms with van der Waals surface area (Å²) in [6, 6.07) is 0. The summed E-state index contributed by atoms with van der Waals surface area (Å²) in [6.07, 6.45) is 1.15. The number of anilines is 2. The van der Waals surface area contributed by atoms with Gasteiger partial charge in [-0.1, -0.05) is 6.92 Å². The Kier molecular flexibility index (Phi) is 3.49. The Morgan fingerprint density at radius 2 is 1.94 bits per heavy atom. The van der Waals surface area contributed by atoms with Crippen molar-refractivity contribution in [3.63, 3.8) is 0 Å². The molecule has 8 heteroatoms. The number of rotatable bonds is 3. The van der Waals surface area contributed by atoms with E-state index in [1.165, 1.54) is 0 Å². The fourth-order valence-corrected chi connectivity index (χ4v) is 3.14. The molecule has 0 saturated carbocycles. The summed E-state index contributed by atoms with van der Waals surface area (Å²) >= 11 is 0. The highest BCUT2D eigenvalue weighted by atomic mass is 32.2. The Morgan fingerprint density at radius 3 is 2.44 bits per heavy atom. The molecule has 2 heterocycles. The first kappa shape index (κ1) is 13.2. The largest absolute Gasteiger partial charge is 0.383 e. The summed E-state index contributed by atoms with van der Waals surface area (Å²) in [5, 5.41) is 6.59. The molecule has 1 aliphatic heterocycles. The van der Waals surface area contributed by atoms with Crippen LogP contribution in [-0.4, -0.2) is 62.5 Å². The third kappa shape index (κ3) is 2.44. The number of piperazine rings is 1. The lowest BCUT2D eigenvalue weighted by molar-refractivity contribution is 0.270. The second-order valence-corrected chi connectivity index (χ2v) is 6.44. The monoisotopic (exact) mass is 273 g/mol. The molecule has 102 valence electrons. The fraction of sp³-hybridized carbons (Fsp3) is 0.700. The number of nitrogens with zero attached hydrogens (tertiary/aromatic N) is 3. The Hall–Kier alpha value is -1.28. The topological polar surface area (TPSA) is 95.3 Å². The first-order valence-corrected chi connectivity index (χ1v) is 7.83. The lowest BCUT2D eigenvalue weighted by atomic mass is 10.3. The molecule has 1 fully saturated rings. The molecule has 0 unspecified atom stereocenters. The molecule has 0 aliphatic carbocycles. The van der Waals surface area contributed by atoms with Crippen LogP contribution in [0, 0.1) is 0 Å². The van der Waals surface area contributed by atoms with Gasteiger partial charge in [0.25, 0.3) is 0 Å². The van der Waals surface area contributed by atoms with E-state index in [0.29, 0.717) is 5.82 Å². The lowest BCUT2D eigenvalue weighted by Crippen LogP contribution is -2.46. The Labute approximate surface area is 107 Å². The molecule has 2 rings (SSSR count). The smallest absolute Gasteiger partial charge is 0.182 e. The molecule has 7 nitrogen and oxygen atoms in total. The van der Waals surface area contributed by atoms with Crippen molar-refractivity contribution in [1.82, 2.24) is 15.1 Å². The van der Waals surface area contributed by atoms with Crippen molar-refractivity contribution < 1.29 is 8.42 Å². The van der Waals surface area contributed by atoms with Crippen molar-refractivity contribution >= 4 is 21.5 Å². The Morgan fingerprint density at radius 1 is 1.33 bits per heavy atom. The van der Waals surface area contributed by atoms with E-state index in [9.17, 15) is 8.42 Å². The van der Waals surface area contributed by atoms with Crippen LogP contribution in [0.25, 0.3) is 0 Å². The van der Waals surface area contributed by atoms with E-state index in [4.69, 9.17) is 5.73 Å². The maximum absolute atomic E-state index is 11.7. The van der Waals surface area contributed by atoms with Gasteiger partial charge in [-0.2, -0.15) is 5.10 Å².